The summed E-state index contributed by atoms with van der Waals surface area (Å²) in [6.45, 7) is 0.903. The molecule has 0 fully saturated rings. The molecular formula is C18H24N2O2. The molecule has 1 aromatic rings. The van der Waals surface area contributed by atoms with E-state index in [1.54, 1.807) is 0 Å². The van der Waals surface area contributed by atoms with E-state index < -0.39 is 11.6 Å². The quantitative estimate of drug-likeness (QED) is 0.848. The number of nitrogens with one attached hydrogen (secondary N) is 1. The molecular weight excluding hydrogens is 276 g/mol. The van der Waals surface area contributed by atoms with E-state index in [0.29, 0.717) is 6.42 Å². The zero-order valence-corrected chi connectivity index (χ0v) is 13.2. The maximum Gasteiger partial charge on any atom is 0.405 e. The molecule has 2 N–H and O–H groups in total. The molecule has 1 aromatic carbocycles. The van der Waals surface area contributed by atoms with Crippen molar-refractivity contribution in [2.45, 2.75) is 24.3 Å². The molecule has 1 aliphatic carbocycles. The third-order valence-electron chi connectivity index (χ3n) is 4.12. The maximum absolute atomic E-state index is 11.4. The Labute approximate surface area is 132 Å². The van der Waals surface area contributed by atoms with Crippen LogP contribution in [-0.4, -0.2) is 42.3 Å². The molecule has 2 rings (SSSR count). The average Bonchev–Trinajstić information content (AvgIpc) is 2.48. The first kappa shape index (κ1) is 16.3. The van der Waals surface area contributed by atoms with Gasteiger partial charge in [-0.2, -0.15) is 0 Å². The summed E-state index contributed by atoms with van der Waals surface area (Å²) >= 11 is 0. The number of hydrogen-bond acceptors (Lipinski definition) is 2. The van der Waals surface area contributed by atoms with Crippen LogP contribution in [-0.2, 0) is 0 Å². The molecule has 0 spiro atoms. The topological polar surface area (TPSA) is 52.6 Å². The van der Waals surface area contributed by atoms with Crippen molar-refractivity contribution in [2.75, 3.05) is 20.6 Å². The Bertz CT molecular complexity index is 551. The van der Waals surface area contributed by atoms with E-state index >= 15 is 0 Å². The van der Waals surface area contributed by atoms with Crippen LogP contribution in [0.15, 0.2) is 54.6 Å². The number of amides is 1. The SMILES string of the molecule is CN(C)CCC(c1ccccc1)C1(NC(=O)O)C=CC=CC1. The van der Waals surface area contributed by atoms with E-state index in [9.17, 15) is 9.90 Å². The van der Waals surface area contributed by atoms with Gasteiger partial charge in [-0.05, 0) is 39.0 Å². The first-order chi connectivity index (χ1) is 10.5. The van der Waals surface area contributed by atoms with Crippen LogP contribution >= 0.6 is 0 Å². The lowest BCUT2D eigenvalue weighted by Crippen LogP contribution is -2.51. The second kappa shape index (κ2) is 7.27. The first-order valence-electron chi connectivity index (χ1n) is 7.59. The monoisotopic (exact) mass is 300 g/mol. The van der Waals surface area contributed by atoms with Crippen LogP contribution in [0.2, 0.25) is 0 Å². The highest BCUT2D eigenvalue weighted by Crippen LogP contribution is 2.37. The van der Waals surface area contributed by atoms with Crippen LogP contribution in [0.1, 0.15) is 24.3 Å². The predicted octanol–water partition coefficient (Wildman–Crippen LogP) is 3.24. The van der Waals surface area contributed by atoms with Crippen molar-refractivity contribution in [3.05, 3.63) is 60.2 Å². The van der Waals surface area contributed by atoms with Gasteiger partial charge in [0, 0.05) is 5.92 Å². The molecule has 0 radical (unpaired) electrons. The Balaban J connectivity index is 2.37. The summed E-state index contributed by atoms with van der Waals surface area (Å²) in [6, 6.07) is 10.2. The fraction of sp³-hybridized carbons (Fsp3) is 0.389. The molecule has 0 aromatic heterocycles. The van der Waals surface area contributed by atoms with Gasteiger partial charge in [0.15, 0.2) is 0 Å². The molecule has 2 unspecified atom stereocenters. The average molecular weight is 300 g/mol. The Morgan fingerprint density at radius 3 is 2.59 bits per heavy atom. The fourth-order valence-corrected chi connectivity index (χ4v) is 3.07. The van der Waals surface area contributed by atoms with Gasteiger partial charge in [0.25, 0.3) is 0 Å². The summed E-state index contributed by atoms with van der Waals surface area (Å²) in [6.07, 6.45) is 8.50. The highest BCUT2D eigenvalue weighted by atomic mass is 16.4. The lowest BCUT2D eigenvalue weighted by atomic mass is 9.73. The summed E-state index contributed by atoms with van der Waals surface area (Å²) in [5.41, 5.74) is 0.579. The van der Waals surface area contributed by atoms with Gasteiger partial charge >= 0.3 is 6.09 Å². The molecule has 4 heteroatoms. The van der Waals surface area contributed by atoms with Crippen molar-refractivity contribution >= 4 is 6.09 Å². The number of hydrogen-bond donors (Lipinski definition) is 2. The second-order valence-corrected chi connectivity index (χ2v) is 6.02. The van der Waals surface area contributed by atoms with Crippen molar-refractivity contribution in [1.29, 1.82) is 0 Å². The molecule has 0 aliphatic heterocycles. The van der Waals surface area contributed by atoms with Crippen LogP contribution in [0, 0.1) is 0 Å². The van der Waals surface area contributed by atoms with E-state index in [2.05, 4.69) is 22.3 Å². The Kier molecular flexibility index (Phi) is 5.39. The van der Waals surface area contributed by atoms with Gasteiger partial charge in [0.05, 0.1) is 5.54 Å². The molecule has 4 nitrogen and oxygen atoms in total. The van der Waals surface area contributed by atoms with E-state index in [4.69, 9.17) is 0 Å². The Hall–Kier alpha value is -2.07. The number of rotatable bonds is 6. The number of carbonyl (C=O) groups is 1. The third-order valence-corrected chi connectivity index (χ3v) is 4.12. The lowest BCUT2D eigenvalue weighted by Gasteiger charge is -2.40. The minimum absolute atomic E-state index is 0.0911. The number of nitrogens with zero attached hydrogens (tertiary/aromatic N) is 1. The minimum Gasteiger partial charge on any atom is -0.465 e. The number of benzene rings is 1. The third kappa shape index (κ3) is 3.98. The lowest BCUT2D eigenvalue weighted by molar-refractivity contribution is 0.176. The minimum atomic E-state index is -0.981. The van der Waals surface area contributed by atoms with Gasteiger partial charge in [-0.15, -0.1) is 0 Å². The van der Waals surface area contributed by atoms with Gasteiger partial charge < -0.3 is 15.3 Å². The molecule has 1 aliphatic rings. The van der Waals surface area contributed by atoms with Crippen molar-refractivity contribution in [3.63, 3.8) is 0 Å². The van der Waals surface area contributed by atoms with E-state index in [1.807, 2.05) is 56.6 Å². The summed E-state index contributed by atoms with van der Waals surface area (Å²) in [4.78, 5) is 13.5. The van der Waals surface area contributed by atoms with Gasteiger partial charge in [-0.1, -0.05) is 54.6 Å². The number of allylic oxidation sites excluding steroid dienone is 2. The molecule has 0 heterocycles. The summed E-state index contributed by atoms with van der Waals surface area (Å²) in [7, 11) is 4.08. The van der Waals surface area contributed by atoms with Crippen LogP contribution in [0.25, 0.3) is 0 Å². The van der Waals surface area contributed by atoms with Gasteiger partial charge in [-0.3, -0.25) is 0 Å². The Morgan fingerprint density at radius 1 is 1.32 bits per heavy atom. The fourth-order valence-electron chi connectivity index (χ4n) is 3.07. The number of carboxylic acid groups (broad SMARTS) is 1. The highest BCUT2D eigenvalue weighted by Gasteiger charge is 2.38. The van der Waals surface area contributed by atoms with Gasteiger partial charge in [0.2, 0.25) is 0 Å². The molecule has 0 bridgehead atoms. The van der Waals surface area contributed by atoms with Crippen LogP contribution in [0.3, 0.4) is 0 Å². The molecule has 22 heavy (non-hydrogen) atoms. The van der Waals surface area contributed by atoms with Gasteiger partial charge in [-0.25, -0.2) is 4.79 Å². The van der Waals surface area contributed by atoms with Crippen molar-refractivity contribution in [2.24, 2.45) is 0 Å². The van der Waals surface area contributed by atoms with Crippen LogP contribution < -0.4 is 5.32 Å². The second-order valence-electron chi connectivity index (χ2n) is 6.02. The summed E-state index contributed by atoms with van der Waals surface area (Å²) in [5, 5.41) is 12.1. The van der Waals surface area contributed by atoms with Crippen LogP contribution in [0.5, 0.6) is 0 Å². The van der Waals surface area contributed by atoms with Gasteiger partial charge in [0.1, 0.15) is 0 Å². The molecule has 118 valence electrons. The van der Waals surface area contributed by atoms with E-state index in [1.165, 1.54) is 0 Å². The van der Waals surface area contributed by atoms with E-state index in [0.717, 1.165) is 18.5 Å². The summed E-state index contributed by atoms with van der Waals surface area (Å²) in [5.74, 6) is 0.0911. The molecule has 1 amide bonds. The smallest absolute Gasteiger partial charge is 0.405 e. The van der Waals surface area contributed by atoms with Crippen LogP contribution in [0.4, 0.5) is 4.79 Å². The van der Waals surface area contributed by atoms with E-state index in [-0.39, 0.29) is 5.92 Å². The maximum atomic E-state index is 11.4. The predicted molar refractivity (Wildman–Crippen MR) is 89.1 cm³/mol. The normalized spacial score (nSPS) is 21.8. The Morgan fingerprint density at radius 2 is 2.05 bits per heavy atom. The highest BCUT2D eigenvalue weighted by molar-refractivity contribution is 5.67. The zero-order chi connectivity index (χ0) is 16.0. The zero-order valence-electron chi connectivity index (χ0n) is 13.2. The van der Waals surface area contributed by atoms with Crippen molar-refractivity contribution in [1.82, 2.24) is 10.2 Å². The van der Waals surface area contributed by atoms with Crippen molar-refractivity contribution < 1.29 is 9.90 Å². The van der Waals surface area contributed by atoms with Crippen molar-refractivity contribution in [3.8, 4) is 0 Å². The largest absolute Gasteiger partial charge is 0.465 e. The summed E-state index contributed by atoms with van der Waals surface area (Å²) < 4.78 is 0. The molecule has 0 saturated heterocycles. The standard InChI is InChI=1S/C18H24N2O2/c1-20(2)14-11-16(15-9-5-3-6-10-15)18(19-17(21)22)12-7-4-8-13-18/h3-10,12,16,19H,11,13-14H2,1-2H3,(H,21,22). The molecule has 2 atom stereocenters. The first-order valence-corrected chi connectivity index (χ1v) is 7.59. The molecule has 0 saturated carbocycles.